The summed E-state index contributed by atoms with van der Waals surface area (Å²) in [5.74, 6) is -5.91. The number of benzene rings is 10. The van der Waals surface area contributed by atoms with E-state index in [0.717, 1.165) is 46.2 Å². The summed E-state index contributed by atoms with van der Waals surface area (Å²) in [6, 6.07) is 49.4. The van der Waals surface area contributed by atoms with Gasteiger partial charge in [-0.2, -0.15) is 0 Å². The van der Waals surface area contributed by atoms with Crippen molar-refractivity contribution in [2.75, 3.05) is 0 Å². The van der Waals surface area contributed by atoms with Crippen molar-refractivity contribution in [1.29, 1.82) is 0 Å². The maximum atomic E-state index is 14.1. The molecular weight excluding hydrogens is 1110 g/mol. The van der Waals surface area contributed by atoms with Gasteiger partial charge in [0.05, 0.1) is 33.4 Å². The van der Waals surface area contributed by atoms with Crippen molar-refractivity contribution < 1.29 is 66.7 Å². The SMILES string of the molecule is C=CC(=O)OC1CCCC1.Cc1ccc(C(=O)Oc2cc3c4cc(OC(=O)c5ccc(C)cc5)c(OC(=O)c5ccc(C)cc5)cc4c4cc(OC(=O)c5ccc(C)cc5)c(OC(=O)c5ccc(C)cc5)cc4c3cc2OC(=O)c2ccc(C)cc2)cc1. The van der Waals surface area contributed by atoms with Crippen LogP contribution in [0, 0.1) is 41.5 Å². The molecule has 0 saturated heterocycles. The zero-order chi connectivity index (χ0) is 62.2. The molecule has 11 rings (SSSR count). The van der Waals surface area contributed by atoms with Crippen LogP contribution in [0.1, 0.15) is 121 Å². The topological polar surface area (TPSA) is 184 Å². The van der Waals surface area contributed by atoms with Gasteiger partial charge in [-0.15, -0.1) is 0 Å². The van der Waals surface area contributed by atoms with Crippen molar-refractivity contribution in [3.63, 3.8) is 0 Å². The molecule has 0 heterocycles. The lowest BCUT2D eigenvalue weighted by Crippen LogP contribution is -2.14. The van der Waals surface area contributed by atoms with Gasteiger partial charge in [0.15, 0.2) is 34.5 Å². The third-order valence-electron chi connectivity index (χ3n) is 14.8. The molecule has 10 aromatic rings. The first-order valence-corrected chi connectivity index (χ1v) is 28.5. The summed E-state index contributed by atoms with van der Waals surface area (Å²) < 4.78 is 41.8. The number of aryl methyl sites for hydroxylation is 6. The Labute approximate surface area is 507 Å². The first-order valence-electron chi connectivity index (χ1n) is 28.5. The Kier molecular flexibility index (Phi) is 18.1. The normalized spacial score (nSPS) is 11.9. The minimum absolute atomic E-state index is 0.170. The van der Waals surface area contributed by atoms with Gasteiger partial charge in [0.25, 0.3) is 0 Å². The first-order chi connectivity index (χ1) is 42.3. The van der Waals surface area contributed by atoms with Gasteiger partial charge in [0.2, 0.25) is 0 Å². The standard InChI is InChI=1S/C66H48O12.C8H12O2/c1-37-7-19-43(20-8-37)61(67)73-55-31-49-50(32-56(55)74-62(68)44-21-9-38(2)10-22-44)52-34-58(76-64(70)46-25-13-40(4)14-26-46)60(78-66(72)48-29-17-42(6)18-30-48)36-54(52)53-35-59(77-65(71)47-27-15-41(5)16-28-47)57(33-51(49)53)75-63(69)45-23-11-39(3)12-24-45;1-2-8(9)10-7-5-3-4-6-7/h7-36H,1-6H3;2,7H,1,3-6H2. The van der Waals surface area contributed by atoms with Gasteiger partial charge in [0, 0.05) is 6.08 Å². The third kappa shape index (κ3) is 14.2. The molecule has 88 heavy (non-hydrogen) atoms. The molecule has 10 aromatic carbocycles. The summed E-state index contributed by atoms with van der Waals surface area (Å²) in [7, 11) is 0. The molecule has 0 spiro atoms. The second-order valence-electron chi connectivity index (χ2n) is 21.6. The van der Waals surface area contributed by atoms with Crippen LogP contribution in [-0.2, 0) is 9.53 Å². The van der Waals surface area contributed by atoms with E-state index in [2.05, 4.69) is 6.58 Å². The first kappa shape index (κ1) is 60.1. The minimum atomic E-state index is -0.768. The lowest BCUT2D eigenvalue weighted by molar-refractivity contribution is -0.142. The predicted molar refractivity (Wildman–Crippen MR) is 334 cm³/mol. The Morgan fingerprint density at radius 2 is 0.477 bits per heavy atom. The van der Waals surface area contributed by atoms with E-state index in [1.807, 2.05) is 41.5 Å². The zero-order valence-electron chi connectivity index (χ0n) is 49.2. The van der Waals surface area contributed by atoms with Crippen LogP contribution < -0.4 is 28.4 Å². The Bertz CT molecular complexity index is 3640. The summed E-state index contributed by atoms with van der Waals surface area (Å²) in [6.45, 7) is 14.6. The zero-order valence-corrected chi connectivity index (χ0v) is 49.2. The van der Waals surface area contributed by atoms with Crippen LogP contribution in [0.3, 0.4) is 0 Å². The van der Waals surface area contributed by atoms with Gasteiger partial charge >= 0.3 is 41.8 Å². The number of fused-ring (bicyclic) bond motifs is 6. The van der Waals surface area contributed by atoms with Crippen molar-refractivity contribution in [3.8, 4) is 34.5 Å². The van der Waals surface area contributed by atoms with Crippen molar-refractivity contribution in [1.82, 2.24) is 0 Å². The van der Waals surface area contributed by atoms with Gasteiger partial charge in [-0.25, -0.2) is 33.6 Å². The molecule has 0 amide bonds. The van der Waals surface area contributed by atoms with Crippen LogP contribution in [0.5, 0.6) is 34.5 Å². The number of esters is 7. The molecule has 440 valence electrons. The van der Waals surface area contributed by atoms with Gasteiger partial charge in [-0.1, -0.05) is 113 Å². The van der Waals surface area contributed by atoms with E-state index in [1.54, 1.807) is 146 Å². The second-order valence-corrected chi connectivity index (χ2v) is 21.6. The summed E-state index contributed by atoms with van der Waals surface area (Å²) in [5, 5.41) is 2.02. The number of carbonyl (C=O) groups excluding carboxylic acids is 7. The number of ether oxygens (including phenoxy) is 7. The molecule has 1 aliphatic rings. The van der Waals surface area contributed by atoms with Gasteiger partial charge < -0.3 is 33.2 Å². The van der Waals surface area contributed by atoms with Crippen LogP contribution in [0.4, 0.5) is 0 Å². The largest absolute Gasteiger partial charge is 0.459 e. The van der Waals surface area contributed by atoms with Gasteiger partial charge in [0.1, 0.15) is 6.10 Å². The Hall–Kier alpha value is -11.0. The van der Waals surface area contributed by atoms with E-state index in [0.29, 0.717) is 32.3 Å². The molecule has 0 N–H and O–H groups in total. The molecule has 0 unspecified atom stereocenters. The number of rotatable bonds is 14. The van der Waals surface area contributed by atoms with Crippen molar-refractivity contribution >= 4 is 74.1 Å². The lowest BCUT2D eigenvalue weighted by Gasteiger charge is -2.19. The molecule has 0 radical (unpaired) electrons. The molecule has 1 fully saturated rings. The molecule has 0 aliphatic heterocycles. The van der Waals surface area contributed by atoms with E-state index in [1.165, 1.54) is 55.3 Å². The summed E-state index contributed by atoms with van der Waals surface area (Å²) in [4.78, 5) is 95.0. The minimum Gasteiger partial charge on any atom is -0.459 e. The Balaban J connectivity index is 0.000000778. The smallest absolute Gasteiger partial charge is 0.343 e. The second kappa shape index (κ2) is 26.5. The molecule has 0 bridgehead atoms. The average molecular weight is 1170 g/mol. The van der Waals surface area contributed by atoms with Crippen LogP contribution in [0.25, 0.3) is 32.3 Å². The Morgan fingerprint density at radius 1 is 0.307 bits per heavy atom. The highest BCUT2D eigenvalue weighted by molar-refractivity contribution is 6.27. The van der Waals surface area contributed by atoms with E-state index < -0.39 is 35.8 Å². The van der Waals surface area contributed by atoms with Gasteiger partial charge in [-0.3, -0.25) is 0 Å². The van der Waals surface area contributed by atoms with Crippen molar-refractivity contribution in [2.24, 2.45) is 0 Å². The van der Waals surface area contributed by atoms with Crippen LogP contribution in [0.2, 0.25) is 0 Å². The maximum absolute atomic E-state index is 14.1. The number of hydrogen-bond donors (Lipinski definition) is 0. The average Bonchev–Trinajstić information content (AvgIpc) is 0.889. The lowest BCUT2D eigenvalue weighted by atomic mass is 9.93. The molecule has 14 heteroatoms. The summed E-state index contributed by atoms with van der Waals surface area (Å²) >= 11 is 0. The molecule has 0 aromatic heterocycles. The molecule has 1 aliphatic carbocycles. The Morgan fingerprint density at radius 3 is 0.636 bits per heavy atom. The maximum Gasteiger partial charge on any atom is 0.343 e. The number of hydrogen-bond acceptors (Lipinski definition) is 14. The van der Waals surface area contributed by atoms with Crippen molar-refractivity contribution in [3.05, 3.63) is 261 Å². The summed E-state index contributed by atoms with van der Waals surface area (Å²) in [6.07, 6.45) is 5.83. The predicted octanol–water partition coefficient (Wildman–Crippen LogP) is 16.0. The highest BCUT2D eigenvalue weighted by atomic mass is 16.6. The van der Waals surface area contributed by atoms with E-state index in [4.69, 9.17) is 33.2 Å². The third-order valence-corrected chi connectivity index (χ3v) is 14.8. The highest BCUT2D eigenvalue weighted by Crippen LogP contribution is 2.48. The number of carbonyl (C=O) groups is 7. The molecule has 0 atom stereocenters. The van der Waals surface area contributed by atoms with Crippen LogP contribution >= 0.6 is 0 Å². The highest BCUT2D eigenvalue weighted by Gasteiger charge is 2.27. The fraction of sp³-hybridized carbons (Fsp3) is 0.149. The molecule has 1 saturated carbocycles. The van der Waals surface area contributed by atoms with E-state index in [-0.39, 0.29) is 80.0 Å². The quantitative estimate of drug-likeness (QED) is 0.0433. The summed E-state index contributed by atoms with van der Waals surface area (Å²) in [5.41, 5.74) is 6.67. The van der Waals surface area contributed by atoms with Crippen LogP contribution in [0.15, 0.2) is 195 Å². The fourth-order valence-electron chi connectivity index (χ4n) is 9.80. The monoisotopic (exact) mass is 1170 g/mol. The molecule has 14 nitrogen and oxygen atoms in total. The van der Waals surface area contributed by atoms with E-state index in [9.17, 15) is 33.6 Å². The van der Waals surface area contributed by atoms with Gasteiger partial charge in [-0.05, 0) is 209 Å². The fourth-order valence-corrected chi connectivity index (χ4v) is 9.80. The van der Waals surface area contributed by atoms with E-state index >= 15 is 0 Å². The molecular formula is C74H60O14. The van der Waals surface area contributed by atoms with Crippen molar-refractivity contribution in [2.45, 2.75) is 73.3 Å². The van der Waals surface area contributed by atoms with Crippen LogP contribution in [-0.4, -0.2) is 47.9 Å².